The number of fused-ring (bicyclic) bond motifs is 2. The Kier molecular flexibility index (Phi) is 1.71. The Morgan fingerprint density at radius 2 is 2.00 bits per heavy atom. The Balaban J connectivity index is 2.45. The van der Waals surface area contributed by atoms with E-state index in [1.807, 2.05) is 12.2 Å². The molecule has 2 aliphatic rings. The summed E-state index contributed by atoms with van der Waals surface area (Å²) >= 11 is 0. The average Bonchev–Trinajstić information content (AvgIpc) is 2.61. The van der Waals surface area contributed by atoms with Crippen molar-refractivity contribution in [2.45, 2.75) is 13.3 Å². The first-order valence-corrected chi connectivity index (χ1v) is 4.62. The van der Waals surface area contributed by atoms with E-state index in [-0.39, 0.29) is 11.8 Å². The fraction of sp³-hybridized carbons (Fsp3) is 0.600. The van der Waals surface area contributed by atoms with E-state index in [4.69, 9.17) is 10.2 Å². The van der Waals surface area contributed by atoms with Crippen LogP contribution in [0.1, 0.15) is 13.3 Å². The van der Waals surface area contributed by atoms with Crippen molar-refractivity contribution >= 4 is 11.9 Å². The molecule has 4 nitrogen and oxygen atoms in total. The second kappa shape index (κ2) is 2.59. The SMILES string of the molecule is CC1(C(=O)O)C2C=CC(C2)C1C(=O)O. The van der Waals surface area contributed by atoms with Crippen LogP contribution in [0.25, 0.3) is 0 Å². The van der Waals surface area contributed by atoms with Crippen LogP contribution >= 0.6 is 0 Å². The summed E-state index contributed by atoms with van der Waals surface area (Å²) in [4.78, 5) is 22.1. The van der Waals surface area contributed by atoms with Crippen molar-refractivity contribution in [2.75, 3.05) is 0 Å². The molecule has 4 heteroatoms. The summed E-state index contributed by atoms with van der Waals surface area (Å²) in [6.45, 7) is 1.54. The highest BCUT2D eigenvalue weighted by Crippen LogP contribution is 2.56. The average molecular weight is 196 g/mol. The minimum Gasteiger partial charge on any atom is -0.481 e. The zero-order valence-electron chi connectivity index (χ0n) is 7.80. The number of allylic oxidation sites excluding steroid dienone is 2. The molecule has 2 rings (SSSR count). The number of hydrogen-bond donors (Lipinski definition) is 2. The molecule has 2 N–H and O–H groups in total. The summed E-state index contributed by atoms with van der Waals surface area (Å²) in [6.07, 6.45) is 4.35. The number of carboxylic acids is 2. The summed E-state index contributed by atoms with van der Waals surface area (Å²) in [6, 6.07) is 0. The van der Waals surface area contributed by atoms with Gasteiger partial charge in [-0.3, -0.25) is 9.59 Å². The lowest BCUT2D eigenvalue weighted by Crippen LogP contribution is -2.43. The van der Waals surface area contributed by atoms with E-state index in [1.54, 1.807) is 6.92 Å². The van der Waals surface area contributed by atoms with E-state index in [0.29, 0.717) is 6.42 Å². The Hall–Kier alpha value is -1.32. The second-order valence-electron chi connectivity index (χ2n) is 4.29. The zero-order chi connectivity index (χ0) is 10.5. The van der Waals surface area contributed by atoms with Gasteiger partial charge >= 0.3 is 11.9 Å². The van der Waals surface area contributed by atoms with Gasteiger partial charge in [0.05, 0.1) is 11.3 Å². The number of carbonyl (C=O) groups is 2. The molecule has 0 radical (unpaired) electrons. The molecule has 2 bridgehead atoms. The molecule has 0 aliphatic heterocycles. The van der Waals surface area contributed by atoms with Crippen LogP contribution in [0.5, 0.6) is 0 Å². The molecule has 0 spiro atoms. The molecule has 14 heavy (non-hydrogen) atoms. The van der Waals surface area contributed by atoms with Crippen molar-refractivity contribution in [3.05, 3.63) is 12.2 Å². The van der Waals surface area contributed by atoms with Crippen molar-refractivity contribution < 1.29 is 19.8 Å². The molecule has 76 valence electrons. The maximum absolute atomic E-state index is 11.1. The molecule has 1 fully saturated rings. The quantitative estimate of drug-likeness (QED) is 0.646. The molecule has 0 amide bonds. The first-order chi connectivity index (χ1) is 6.48. The third-order valence-corrected chi connectivity index (χ3v) is 3.69. The van der Waals surface area contributed by atoms with Gasteiger partial charge in [-0.2, -0.15) is 0 Å². The summed E-state index contributed by atoms with van der Waals surface area (Å²) in [5.41, 5.74) is -1.12. The van der Waals surface area contributed by atoms with Gasteiger partial charge in [0.2, 0.25) is 0 Å². The van der Waals surface area contributed by atoms with Crippen molar-refractivity contribution in [3.63, 3.8) is 0 Å². The van der Waals surface area contributed by atoms with E-state index < -0.39 is 23.3 Å². The van der Waals surface area contributed by atoms with Gasteiger partial charge in [0, 0.05) is 0 Å². The molecular formula is C10H12O4. The topological polar surface area (TPSA) is 74.6 Å². The fourth-order valence-corrected chi connectivity index (χ4v) is 2.83. The highest BCUT2D eigenvalue weighted by atomic mass is 16.4. The van der Waals surface area contributed by atoms with Crippen LogP contribution in [0.2, 0.25) is 0 Å². The van der Waals surface area contributed by atoms with Gasteiger partial charge in [-0.25, -0.2) is 0 Å². The molecule has 0 heterocycles. The van der Waals surface area contributed by atoms with Gasteiger partial charge in [0.25, 0.3) is 0 Å². The molecule has 2 aliphatic carbocycles. The largest absolute Gasteiger partial charge is 0.481 e. The first-order valence-electron chi connectivity index (χ1n) is 4.62. The van der Waals surface area contributed by atoms with Crippen LogP contribution in [0.4, 0.5) is 0 Å². The fourth-order valence-electron chi connectivity index (χ4n) is 2.83. The molecule has 4 atom stereocenters. The van der Waals surface area contributed by atoms with Crippen LogP contribution < -0.4 is 0 Å². The Bertz CT molecular complexity index is 333. The molecule has 0 aromatic carbocycles. The van der Waals surface area contributed by atoms with Crippen LogP contribution in [0, 0.1) is 23.2 Å². The molecular weight excluding hydrogens is 184 g/mol. The minimum atomic E-state index is -1.12. The van der Waals surface area contributed by atoms with Gasteiger partial charge in [-0.1, -0.05) is 12.2 Å². The highest BCUT2D eigenvalue weighted by Gasteiger charge is 2.60. The number of hydrogen-bond acceptors (Lipinski definition) is 2. The van der Waals surface area contributed by atoms with Crippen molar-refractivity contribution in [3.8, 4) is 0 Å². The Labute approximate surface area is 81.2 Å². The van der Waals surface area contributed by atoms with Gasteiger partial charge in [-0.05, 0) is 25.2 Å². The monoisotopic (exact) mass is 196 g/mol. The lowest BCUT2D eigenvalue weighted by atomic mass is 9.70. The number of rotatable bonds is 2. The van der Waals surface area contributed by atoms with Crippen molar-refractivity contribution in [1.82, 2.24) is 0 Å². The predicted octanol–water partition coefficient (Wildman–Crippen LogP) is 0.984. The van der Waals surface area contributed by atoms with Crippen molar-refractivity contribution in [1.29, 1.82) is 0 Å². The third-order valence-electron chi connectivity index (χ3n) is 3.69. The van der Waals surface area contributed by atoms with Crippen LogP contribution in [0.15, 0.2) is 12.2 Å². The van der Waals surface area contributed by atoms with Gasteiger partial charge in [-0.15, -0.1) is 0 Å². The molecule has 1 saturated carbocycles. The number of carboxylic acid groups (broad SMARTS) is 2. The van der Waals surface area contributed by atoms with E-state index in [1.165, 1.54) is 0 Å². The molecule has 4 unspecified atom stereocenters. The minimum absolute atomic E-state index is 0.0985. The lowest BCUT2D eigenvalue weighted by molar-refractivity contribution is -0.162. The van der Waals surface area contributed by atoms with Crippen LogP contribution in [-0.2, 0) is 9.59 Å². The van der Waals surface area contributed by atoms with E-state index in [0.717, 1.165) is 0 Å². The van der Waals surface area contributed by atoms with Crippen molar-refractivity contribution in [2.24, 2.45) is 23.2 Å². The number of aliphatic carboxylic acids is 2. The smallest absolute Gasteiger partial charge is 0.310 e. The summed E-state index contributed by atoms with van der Waals surface area (Å²) in [5, 5.41) is 18.1. The lowest BCUT2D eigenvalue weighted by Gasteiger charge is -2.31. The normalized spacial score (nSPS) is 44.2. The molecule has 0 saturated heterocycles. The van der Waals surface area contributed by atoms with E-state index in [9.17, 15) is 9.59 Å². The van der Waals surface area contributed by atoms with Gasteiger partial charge in [0.1, 0.15) is 0 Å². The van der Waals surface area contributed by atoms with E-state index in [2.05, 4.69) is 0 Å². The zero-order valence-corrected chi connectivity index (χ0v) is 7.80. The second-order valence-corrected chi connectivity index (χ2v) is 4.29. The van der Waals surface area contributed by atoms with E-state index >= 15 is 0 Å². The predicted molar refractivity (Wildman–Crippen MR) is 47.6 cm³/mol. The Morgan fingerprint density at radius 1 is 1.36 bits per heavy atom. The van der Waals surface area contributed by atoms with Gasteiger partial charge < -0.3 is 10.2 Å². The molecule has 0 aromatic heterocycles. The summed E-state index contributed by atoms with van der Waals surface area (Å²) < 4.78 is 0. The maximum atomic E-state index is 11.1. The summed E-state index contributed by atoms with van der Waals surface area (Å²) in [7, 11) is 0. The molecule has 0 aromatic rings. The van der Waals surface area contributed by atoms with Crippen LogP contribution in [-0.4, -0.2) is 22.2 Å². The standard InChI is InChI=1S/C10H12O4/c1-10(9(13)14)6-3-2-5(4-6)7(10)8(11)12/h2-3,5-7H,4H2,1H3,(H,11,12)(H,13,14). The van der Waals surface area contributed by atoms with Gasteiger partial charge in [0.15, 0.2) is 0 Å². The van der Waals surface area contributed by atoms with Crippen LogP contribution in [0.3, 0.4) is 0 Å². The first kappa shape index (κ1) is 9.24. The maximum Gasteiger partial charge on any atom is 0.310 e. The Morgan fingerprint density at radius 3 is 2.43 bits per heavy atom. The third kappa shape index (κ3) is 0.882. The summed E-state index contributed by atoms with van der Waals surface area (Å²) in [5.74, 6) is -2.98. The highest BCUT2D eigenvalue weighted by molar-refractivity contribution is 5.85.